The molecular weight excluding hydrogens is 366 g/mol. The van der Waals surface area contributed by atoms with Crippen molar-refractivity contribution in [1.82, 2.24) is 15.5 Å². The number of urea groups is 1. The van der Waals surface area contributed by atoms with E-state index in [1.54, 1.807) is 6.20 Å². The number of piperidine rings is 1. The van der Waals surface area contributed by atoms with Gasteiger partial charge in [-0.2, -0.15) is 5.10 Å². The molecule has 7 nitrogen and oxygen atoms in total. The molecule has 2 aliphatic rings. The molecule has 3 N–H and O–H groups in total. The van der Waals surface area contributed by atoms with E-state index in [1.165, 1.54) is 5.56 Å². The van der Waals surface area contributed by atoms with Crippen LogP contribution < -0.4 is 15.5 Å². The Morgan fingerprint density at radius 3 is 3.00 bits per heavy atom. The second-order valence-corrected chi connectivity index (χ2v) is 7.71. The number of aryl methyl sites for hydroxylation is 1. The number of nitrogens with zero attached hydrogens (tertiary/aromatic N) is 2. The van der Waals surface area contributed by atoms with Gasteiger partial charge in [0.15, 0.2) is 0 Å². The van der Waals surface area contributed by atoms with Crippen molar-refractivity contribution in [2.45, 2.75) is 38.1 Å². The van der Waals surface area contributed by atoms with E-state index in [9.17, 15) is 9.59 Å². The number of benzene rings is 2. The van der Waals surface area contributed by atoms with Gasteiger partial charge < -0.3 is 15.5 Å². The van der Waals surface area contributed by atoms with E-state index in [0.29, 0.717) is 6.42 Å². The van der Waals surface area contributed by atoms with Gasteiger partial charge in [0.25, 0.3) is 0 Å². The number of H-pyrrole nitrogens is 1. The standard InChI is InChI=1S/C22H23N5O2/c28-21-6-1-2-11-27(21)15-8-9-16-14(12-15)7-10-19(16)25-22(29)24-18-4-3-5-20-17(18)13-23-26-20/h3-5,8-9,12-13,19H,1-2,6-7,10-11H2,(H,23,26)(H2,24,25,29). The Morgan fingerprint density at radius 2 is 2.10 bits per heavy atom. The van der Waals surface area contributed by atoms with Crippen molar-refractivity contribution in [3.05, 3.63) is 53.7 Å². The van der Waals surface area contributed by atoms with Crippen LogP contribution in [0, 0.1) is 0 Å². The largest absolute Gasteiger partial charge is 0.331 e. The summed E-state index contributed by atoms with van der Waals surface area (Å²) in [5.74, 6) is 0.205. The smallest absolute Gasteiger partial charge is 0.319 e. The van der Waals surface area contributed by atoms with Gasteiger partial charge >= 0.3 is 6.03 Å². The van der Waals surface area contributed by atoms with E-state index in [4.69, 9.17) is 0 Å². The number of nitrogens with one attached hydrogen (secondary N) is 3. The van der Waals surface area contributed by atoms with E-state index in [2.05, 4.69) is 33.0 Å². The molecular formula is C22H23N5O2. The molecule has 2 heterocycles. The van der Waals surface area contributed by atoms with Gasteiger partial charge in [-0.05, 0) is 61.1 Å². The minimum absolute atomic E-state index is 0.0281. The van der Waals surface area contributed by atoms with Crippen molar-refractivity contribution in [2.75, 3.05) is 16.8 Å². The number of rotatable bonds is 3. The lowest BCUT2D eigenvalue weighted by Crippen LogP contribution is -2.35. The van der Waals surface area contributed by atoms with Crippen LogP contribution in [0.15, 0.2) is 42.6 Å². The molecule has 3 amide bonds. The van der Waals surface area contributed by atoms with Gasteiger partial charge in [-0.25, -0.2) is 4.79 Å². The highest BCUT2D eigenvalue weighted by Gasteiger charge is 2.26. The molecule has 7 heteroatoms. The average Bonchev–Trinajstić information content (AvgIpc) is 3.36. The zero-order valence-corrected chi connectivity index (χ0v) is 16.1. The molecule has 0 bridgehead atoms. The zero-order valence-electron chi connectivity index (χ0n) is 16.1. The van der Waals surface area contributed by atoms with Crippen molar-refractivity contribution in [3.8, 4) is 0 Å². The fourth-order valence-corrected chi connectivity index (χ4v) is 4.39. The van der Waals surface area contributed by atoms with Gasteiger partial charge in [0.05, 0.1) is 23.4 Å². The SMILES string of the molecule is O=C(Nc1cccc2[nH]ncc12)NC1CCc2cc(N3CCCCC3=O)ccc21. The number of carbonyl (C=O) groups is 2. The molecule has 3 aromatic rings. The Labute approximate surface area is 168 Å². The summed E-state index contributed by atoms with van der Waals surface area (Å²) in [6.07, 6.45) is 6.12. The number of aromatic nitrogens is 2. The van der Waals surface area contributed by atoms with Gasteiger partial charge in [0.2, 0.25) is 5.91 Å². The number of hydrogen-bond donors (Lipinski definition) is 3. The van der Waals surface area contributed by atoms with Crippen LogP contribution in [0.3, 0.4) is 0 Å². The predicted molar refractivity (Wildman–Crippen MR) is 112 cm³/mol. The summed E-state index contributed by atoms with van der Waals surface area (Å²) in [5, 5.41) is 13.8. The van der Waals surface area contributed by atoms with Crippen LogP contribution in [0.4, 0.5) is 16.2 Å². The molecule has 1 atom stereocenters. The van der Waals surface area contributed by atoms with E-state index in [1.807, 2.05) is 29.2 Å². The number of amides is 3. The normalized spacial score (nSPS) is 18.7. The number of aromatic amines is 1. The van der Waals surface area contributed by atoms with Crippen LogP contribution in [0.1, 0.15) is 42.9 Å². The third-order valence-corrected chi connectivity index (χ3v) is 5.88. The fraction of sp³-hybridized carbons (Fsp3) is 0.318. The highest BCUT2D eigenvalue weighted by atomic mass is 16.2. The molecule has 1 unspecified atom stereocenters. The first kappa shape index (κ1) is 17.7. The Morgan fingerprint density at radius 1 is 1.17 bits per heavy atom. The summed E-state index contributed by atoms with van der Waals surface area (Å²) in [5.41, 5.74) is 4.93. The third kappa shape index (κ3) is 3.33. The maximum atomic E-state index is 12.6. The van der Waals surface area contributed by atoms with Gasteiger partial charge in [-0.1, -0.05) is 12.1 Å². The van der Waals surface area contributed by atoms with E-state index in [0.717, 1.165) is 60.1 Å². The molecule has 1 aromatic heterocycles. The molecule has 0 saturated carbocycles. The predicted octanol–water partition coefficient (Wildman–Crippen LogP) is 3.89. The van der Waals surface area contributed by atoms with Crippen molar-refractivity contribution in [1.29, 1.82) is 0 Å². The summed E-state index contributed by atoms with van der Waals surface area (Å²) in [6, 6.07) is 11.6. The third-order valence-electron chi connectivity index (χ3n) is 5.88. The second kappa shape index (κ2) is 7.24. The van der Waals surface area contributed by atoms with Gasteiger partial charge in [0.1, 0.15) is 0 Å². The van der Waals surface area contributed by atoms with E-state index in [-0.39, 0.29) is 18.0 Å². The minimum atomic E-state index is -0.230. The lowest BCUT2D eigenvalue weighted by atomic mass is 10.0. The maximum Gasteiger partial charge on any atom is 0.319 e. The molecule has 1 aliphatic heterocycles. The van der Waals surface area contributed by atoms with E-state index < -0.39 is 0 Å². The first-order chi connectivity index (χ1) is 14.2. The van der Waals surface area contributed by atoms with Gasteiger partial charge in [-0.15, -0.1) is 0 Å². The maximum absolute atomic E-state index is 12.6. The first-order valence-corrected chi connectivity index (χ1v) is 10.1. The average molecular weight is 389 g/mol. The van der Waals surface area contributed by atoms with Crippen molar-refractivity contribution in [2.24, 2.45) is 0 Å². The Bertz CT molecular complexity index is 1090. The highest BCUT2D eigenvalue weighted by molar-refractivity contribution is 6.00. The topological polar surface area (TPSA) is 90.1 Å². The molecule has 1 aliphatic carbocycles. The molecule has 148 valence electrons. The summed E-state index contributed by atoms with van der Waals surface area (Å²) >= 11 is 0. The molecule has 0 radical (unpaired) electrons. The van der Waals surface area contributed by atoms with Crippen LogP contribution in [0.25, 0.3) is 10.9 Å². The number of anilines is 2. The monoisotopic (exact) mass is 389 g/mol. The zero-order chi connectivity index (χ0) is 19.8. The molecule has 5 rings (SSSR count). The van der Waals surface area contributed by atoms with Crippen LogP contribution in [-0.2, 0) is 11.2 Å². The minimum Gasteiger partial charge on any atom is -0.331 e. The lowest BCUT2D eigenvalue weighted by Gasteiger charge is -2.27. The summed E-state index contributed by atoms with van der Waals surface area (Å²) < 4.78 is 0. The Hall–Kier alpha value is -3.35. The van der Waals surface area contributed by atoms with Crippen molar-refractivity contribution >= 4 is 34.2 Å². The Kier molecular flexibility index (Phi) is 4.42. The second-order valence-electron chi connectivity index (χ2n) is 7.71. The van der Waals surface area contributed by atoms with Crippen LogP contribution in [0.2, 0.25) is 0 Å². The van der Waals surface area contributed by atoms with Crippen molar-refractivity contribution < 1.29 is 9.59 Å². The molecule has 0 spiro atoms. The lowest BCUT2D eigenvalue weighted by molar-refractivity contribution is -0.119. The summed E-state index contributed by atoms with van der Waals surface area (Å²) in [6.45, 7) is 0.793. The summed E-state index contributed by atoms with van der Waals surface area (Å²) in [4.78, 5) is 26.7. The van der Waals surface area contributed by atoms with Gasteiger partial charge in [-0.3, -0.25) is 9.89 Å². The molecule has 1 saturated heterocycles. The first-order valence-electron chi connectivity index (χ1n) is 10.1. The van der Waals surface area contributed by atoms with Crippen molar-refractivity contribution in [3.63, 3.8) is 0 Å². The van der Waals surface area contributed by atoms with Crippen LogP contribution >= 0.6 is 0 Å². The fourth-order valence-electron chi connectivity index (χ4n) is 4.39. The highest BCUT2D eigenvalue weighted by Crippen LogP contribution is 2.35. The van der Waals surface area contributed by atoms with E-state index >= 15 is 0 Å². The molecule has 2 aromatic carbocycles. The van der Waals surface area contributed by atoms with Crippen LogP contribution in [0.5, 0.6) is 0 Å². The summed E-state index contributed by atoms with van der Waals surface area (Å²) in [7, 11) is 0. The number of fused-ring (bicyclic) bond motifs is 2. The molecule has 29 heavy (non-hydrogen) atoms. The Balaban J connectivity index is 1.30. The number of hydrogen-bond acceptors (Lipinski definition) is 3. The van der Waals surface area contributed by atoms with Crippen LogP contribution in [-0.4, -0.2) is 28.7 Å². The van der Waals surface area contributed by atoms with Gasteiger partial charge in [0, 0.05) is 24.0 Å². The quantitative estimate of drug-likeness (QED) is 0.635. The molecule has 1 fully saturated rings. The number of carbonyl (C=O) groups excluding carboxylic acids is 2.